The molecule has 0 spiro atoms. The molecule has 0 aromatic carbocycles. The van der Waals surface area contributed by atoms with Gasteiger partial charge < -0.3 is 10.4 Å². The summed E-state index contributed by atoms with van der Waals surface area (Å²) in [5, 5.41) is 13.1. The second kappa shape index (κ2) is 4.35. The summed E-state index contributed by atoms with van der Waals surface area (Å²) in [6.07, 6.45) is 3.37. The van der Waals surface area contributed by atoms with Crippen LogP contribution in [-0.4, -0.2) is 22.2 Å². The Morgan fingerprint density at radius 1 is 1.53 bits per heavy atom. The number of aliphatic hydroxyl groups excluding tert-OH is 1. The van der Waals surface area contributed by atoms with Gasteiger partial charge in [0.15, 0.2) is 0 Å². The molecule has 2 rings (SSSR count). The van der Waals surface area contributed by atoms with Crippen molar-refractivity contribution in [3.05, 3.63) is 29.8 Å². The van der Waals surface area contributed by atoms with Crippen LogP contribution in [0.4, 0.5) is 4.39 Å². The molecule has 1 aliphatic rings. The maximum Gasteiger partial charge on any atom is 0.141 e. The van der Waals surface area contributed by atoms with Crippen LogP contribution < -0.4 is 5.32 Å². The van der Waals surface area contributed by atoms with E-state index < -0.39 is 0 Å². The third-order valence-electron chi connectivity index (χ3n) is 3.89. The first-order valence-corrected chi connectivity index (χ1v) is 5.96. The SMILES string of the molecule is CC(NC1CC(O)C1(C)C)c1cncc(F)c1. The Bertz CT molecular complexity index is 408. The Kier molecular flexibility index (Phi) is 3.19. The number of pyridine rings is 1. The van der Waals surface area contributed by atoms with E-state index in [0.717, 1.165) is 12.0 Å². The molecule has 4 heteroatoms. The number of hydrogen-bond donors (Lipinski definition) is 2. The number of halogens is 1. The third kappa shape index (κ3) is 2.33. The maximum atomic E-state index is 13.0. The van der Waals surface area contributed by atoms with Gasteiger partial charge in [-0.2, -0.15) is 0 Å². The summed E-state index contributed by atoms with van der Waals surface area (Å²) in [5.41, 5.74) is 0.719. The predicted octanol–water partition coefficient (Wildman–Crippen LogP) is 2.03. The molecule has 1 heterocycles. The van der Waals surface area contributed by atoms with Crippen LogP contribution in [0.25, 0.3) is 0 Å². The third-order valence-corrected chi connectivity index (χ3v) is 3.89. The fourth-order valence-electron chi connectivity index (χ4n) is 2.25. The molecule has 94 valence electrons. The van der Waals surface area contributed by atoms with Crippen molar-refractivity contribution >= 4 is 0 Å². The Morgan fingerprint density at radius 2 is 2.24 bits per heavy atom. The Morgan fingerprint density at radius 3 is 2.76 bits per heavy atom. The van der Waals surface area contributed by atoms with E-state index in [2.05, 4.69) is 10.3 Å². The summed E-state index contributed by atoms with van der Waals surface area (Å²) in [6.45, 7) is 6.06. The van der Waals surface area contributed by atoms with Gasteiger partial charge in [-0.05, 0) is 25.0 Å². The van der Waals surface area contributed by atoms with Crippen LogP contribution in [0.15, 0.2) is 18.5 Å². The minimum Gasteiger partial charge on any atom is -0.392 e. The van der Waals surface area contributed by atoms with Crippen molar-refractivity contribution < 1.29 is 9.50 Å². The van der Waals surface area contributed by atoms with E-state index in [-0.39, 0.29) is 29.4 Å². The topological polar surface area (TPSA) is 45.1 Å². The Labute approximate surface area is 101 Å². The number of hydrogen-bond acceptors (Lipinski definition) is 3. The van der Waals surface area contributed by atoms with E-state index >= 15 is 0 Å². The fourth-order valence-corrected chi connectivity index (χ4v) is 2.25. The van der Waals surface area contributed by atoms with Crippen LogP contribution in [0, 0.1) is 11.2 Å². The van der Waals surface area contributed by atoms with Gasteiger partial charge >= 0.3 is 0 Å². The van der Waals surface area contributed by atoms with Crippen LogP contribution in [0.5, 0.6) is 0 Å². The summed E-state index contributed by atoms with van der Waals surface area (Å²) in [4.78, 5) is 3.84. The first-order chi connectivity index (χ1) is 7.91. The minimum absolute atomic E-state index is 0.0370. The zero-order valence-electron chi connectivity index (χ0n) is 10.4. The first-order valence-electron chi connectivity index (χ1n) is 5.96. The molecule has 1 saturated carbocycles. The number of rotatable bonds is 3. The molecular formula is C13H19FN2O. The standard InChI is InChI=1S/C13H19FN2O/c1-8(9-4-10(14)7-15-6-9)16-11-5-12(17)13(11,2)3/h4,6-8,11-12,16-17H,5H2,1-3H3. The van der Waals surface area contributed by atoms with Gasteiger partial charge in [0, 0.05) is 23.7 Å². The maximum absolute atomic E-state index is 13.0. The van der Waals surface area contributed by atoms with Crippen LogP contribution >= 0.6 is 0 Å². The normalized spacial score (nSPS) is 28.5. The lowest BCUT2D eigenvalue weighted by molar-refractivity contribution is -0.0755. The highest BCUT2D eigenvalue weighted by molar-refractivity contribution is 5.15. The van der Waals surface area contributed by atoms with Crippen molar-refractivity contribution in [3.8, 4) is 0 Å². The van der Waals surface area contributed by atoms with Gasteiger partial charge in [0.2, 0.25) is 0 Å². The summed E-state index contributed by atoms with van der Waals surface area (Å²) in [5.74, 6) is -0.316. The van der Waals surface area contributed by atoms with E-state index in [0.29, 0.717) is 0 Å². The van der Waals surface area contributed by atoms with Crippen LogP contribution in [0.3, 0.4) is 0 Å². The lowest BCUT2D eigenvalue weighted by Gasteiger charge is -2.50. The molecule has 1 fully saturated rings. The molecule has 1 aromatic heterocycles. The smallest absolute Gasteiger partial charge is 0.141 e. The van der Waals surface area contributed by atoms with Crippen molar-refractivity contribution in [3.63, 3.8) is 0 Å². The summed E-state index contributed by atoms with van der Waals surface area (Å²) < 4.78 is 13.0. The quantitative estimate of drug-likeness (QED) is 0.847. The number of aromatic nitrogens is 1. The van der Waals surface area contributed by atoms with Gasteiger partial charge in [-0.1, -0.05) is 13.8 Å². The Hall–Kier alpha value is -1.00. The second-order valence-corrected chi connectivity index (χ2v) is 5.45. The van der Waals surface area contributed by atoms with E-state index in [1.807, 2.05) is 20.8 Å². The number of nitrogens with zero attached hydrogens (tertiary/aromatic N) is 1. The summed E-state index contributed by atoms with van der Waals surface area (Å²) in [7, 11) is 0. The molecule has 0 aliphatic heterocycles. The highest BCUT2D eigenvalue weighted by atomic mass is 19.1. The average Bonchev–Trinajstić information content (AvgIpc) is 2.28. The fraction of sp³-hybridized carbons (Fsp3) is 0.615. The van der Waals surface area contributed by atoms with E-state index in [1.54, 1.807) is 6.20 Å². The van der Waals surface area contributed by atoms with Gasteiger partial charge in [-0.3, -0.25) is 4.98 Å². The molecule has 17 heavy (non-hydrogen) atoms. The van der Waals surface area contributed by atoms with E-state index in [1.165, 1.54) is 12.3 Å². The van der Waals surface area contributed by atoms with Crippen molar-refractivity contribution in [1.29, 1.82) is 0 Å². The van der Waals surface area contributed by atoms with Gasteiger partial charge in [-0.15, -0.1) is 0 Å². The Balaban J connectivity index is 2.01. The predicted molar refractivity (Wildman–Crippen MR) is 63.9 cm³/mol. The monoisotopic (exact) mass is 238 g/mol. The number of nitrogens with one attached hydrogen (secondary N) is 1. The van der Waals surface area contributed by atoms with Crippen LogP contribution in [0.2, 0.25) is 0 Å². The molecule has 3 atom stereocenters. The van der Waals surface area contributed by atoms with Crippen molar-refractivity contribution in [1.82, 2.24) is 10.3 Å². The zero-order chi connectivity index (χ0) is 12.6. The molecule has 1 aliphatic carbocycles. The van der Waals surface area contributed by atoms with Crippen LogP contribution in [-0.2, 0) is 0 Å². The van der Waals surface area contributed by atoms with Gasteiger partial charge in [0.1, 0.15) is 5.82 Å². The average molecular weight is 238 g/mol. The largest absolute Gasteiger partial charge is 0.392 e. The van der Waals surface area contributed by atoms with Gasteiger partial charge in [0.25, 0.3) is 0 Å². The molecule has 0 saturated heterocycles. The molecule has 0 radical (unpaired) electrons. The van der Waals surface area contributed by atoms with E-state index in [4.69, 9.17) is 0 Å². The van der Waals surface area contributed by atoms with E-state index in [9.17, 15) is 9.50 Å². The lowest BCUT2D eigenvalue weighted by Crippen LogP contribution is -2.60. The zero-order valence-corrected chi connectivity index (χ0v) is 10.4. The molecular weight excluding hydrogens is 219 g/mol. The van der Waals surface area contributed by atoms with Gasteiger partial charge in [-0.25, -0.2) is 4.39 Å². The molecule has 3 nitrogen and oxygen atoms in total. The van der Waals surface area contributed by atoms with Crippen LogP contribution in [0.1, 0.15) is 38.8 Å². The highest BCUT2D eigenvalue weighted by Crippen LogP contribution is 2.41. The lowest BCUT2D eigenvalue weighted by atomic mass is 9.64. The van der Waals surface area contributed by atoms with Crippen molar-refractivity contribution in [2.24, 2.45) is 5.41 Å². The molecule has 3 unspecified atom stereocenters. The summed E-state index contributed by atoms with van der Waals surface area (Å²) in [6, 6.07) is 1.79. The summed E-state index contributed by atoms with van der Waals surface area (Å²) >= 11 is 0. The molecule has 1 aromatic rings. The number of aliphatic hydroxyl groups is 1. The van der Waals surface area contributed by atoms with Gasteiger partial charge in [0.05, 0.1) is 12.3 Å². The molecule has 0 amide bonds. The van der Waals surface area contributed by atoms with Crippen molar-refractivity contribution in [2.75, 3.05) is 0 Å². The molecule has 2 N–H and O–H groups in total. The van der Waals surface area contributed by atoms with Crippen molar-refractivity contribution in [2.45, 2.75) is 45.4 Å². The first kappa shape index (κ1) is 12.5. The second-order valence-electron chi connectivity index (χ2n) is 5.45. The highest BCUT2D eigenvalue weighted by Gasteiger charge is 2.47. The minimum atomic E-state index is -0.316. The molecule has 0 bridgehead atoms.